The van der Waals surface area contributed by atoms with Gasteiger partial charge in [-0.3, -0.25) is 0 Å². The summed E-state index contributed by atoms with van der Waals surface area (Å²) in [7, 11) is 0. The SMILES string of the molecule is CC(C)Oc1cc(F)ccc1[B-](F)(F)F. The van der Waals surface area contributed by atoms with Gasteiger partial charge in [-0.1, -0.05) is 11.5 Å². The van der Waals surface area contributed by atoms with Crippen LogP contribution in [0.1, 0.15) is 13.8 Å². The van der Waals surface area contributed by atoms with E-state index in [1.165, 1.54) is 0 Å². The van der Waals surface area contributed by atoms with Crippen molar-refractivity contribution >= 4 is 12.4 Å². The molecule has 15 heavy (non-hydrogen) atoms. The van der Waals surface area contributed by atoms with E-state index in [9.17, 15) is 17.3 Å². The maximum atomic E-state index is 12.7. The van der Waals surface area contributed by atoms with Gasteiger partial charge in [0.05, 0.1) is 11.9 Å². The molecule has 84 valence electrons. The first-order valence-corrected chi connectivity index (χ1v) is 4.46. The second-order valence-electron chi connectivity index (χ2n) is 3.42. The molecule has 0 aliphatic carbocycles. The quantitative estimate of drug-likeness (QED) is 0.563. The zero-order valence-electron chi connectivity index (χ0n) is 8.31. The van der Waals surface area contributed by atoms with Gasteiger partial charge in [0, 0.05) is 6.07 Å². The van der Waals surface area contributed by atoms with E-state index in [1.807, 2.05) is 0 Å². The van der Waals surface area contributed by atoms with Crippen LogP contribution in [0.3, 0.4) is 0 Å². The molecule has 0 spiro atoms. The summed E-state index contributed by atoms with van der Waals surface area (Å²) in [6.45, 7) is -2.01. The summed E-state index contributed by atoms with van der Waals surface area (Å²) in [5.41, 5.74) is -0.898. The lowest BCUT2D eigenvalue weighted by Crippen LogP contribution is -2.36. The van der Waals surface area contributed by atoms with Gasteiger partial charge in [0.15, 0.2) is 0 Å². The van der Waals surface area contributed by atoms with Crippen LogP contribution in [0.25, 0.3) is 0 Å². The van der Waals surface area contributed by atoms with E-state index in [0.29, 0.717) is 6.07 Å². The fraction of sp³-hybridized carbons (Fsp3) is 0.333. The molecule has 0 aromatic heterocycles. The third kappa shape index (κ3) is 3.14. The van der Waals surface area contributed by atoms with E-state index in [2.05, 4.69) is 0 Å². The third-order valence-electron chi connectivity index (χ3n) is 1.69. The molecule has 0 aliphatic rings. The van der Waals surface area contributed by atoms with Crippen molar-refractivity contribution < 1.29 is 22.1 Å². The Bertz CT molecular complexity index is 348. The maximum absolute atomic E-state index is 12.7. The fourth-order valence-electron chi connectivity index (χ4n) is 1.13. The number of hydrogen-bond acceptors (Lipinski definition) is 1. The highest BCUT2D eigenvalue weighted by atomic mass is 19.4. The highest BCUT2D eigenvalue weighted by Gasteiger charge is 2.29. The topological polar surface area (TPSA) is 9.23 Å². The van der Waals surface area contributed by atoms with Crippen LogP contribution >= 0.6 is 0 Å². The Balaban J connectivity index is 3.15. The Morgan fingerprint density at radius 3 is 2.27 bits per heavy atom. The van der Waals surface area contributed by atoms with Gasteiger partial charge in [0.2, 0.25) is 0 Å². The van der Waals surface area contributed by atoms with Crippen molar-refractivity contribution in [2.45, 2.75) is 20.0 Å². The minimum Gasteiger partial charge on any atom is -0.494 e. The van der Waals surface area contributed by atoms with Crippen LogP contribution in [0.2, 0.25) is 0 Å². The Morgan fingerprint density at radius 2 is 1.80 bits per heavy atom. The molecule has 0 atom stereocenters. The van der Waals surface area contributed by atoms with E-state index in [0.717, 1.165) is 12.1 Å². The molecule has 1 rings (SSSR count). The molecular formula is C9H10BF4O-. The van der Waals surface area contributed by atoms with Crippen molar-refractivity contribution in [3.63, 3.8) is 0 Å². The molecule has 1 aromatic carbocycles. The molecule has 0 fully saturated rings. The van der Waals surface area contributed by atoms with Crippen LogP contribution in [0.15, 0.2) is 18.2 Å². The molecule has 0 unspecified atom stereocenters. The lowest BCUT2D eigenvalue weighted by molar-refractivity contribution is 0.242. The van der Waals surface area contributed by atoms with E-state index in [1.54, 1.807) is 13.8 Å². The van der Waals surface area contributed by atoms with Crippen molar-refractivity contribution in [2.24, 2.45) is 0 Å². The second-order valence-corrected chi connectivity index (χ2v) is 3.42. The molecule has 0 radical (unpaired) electrons. The van der Waals surface area contributed by atoms with Crippen molar-refractivity contribution in [2.75, 3.05) is 0 Å². The molecule has 0 heterocycles. The van der Waals surface area contributed by atoms with Gasteiger partial charge in [-0.15, -0.1) is 0 Å². The summed E-state index contributed by atoms with van der Waals surface area (Å²) in [6.07, 6.45) is -0.427. The van der Waals surface area contributed by atoms with Crippen LogP contribution < -0.4 is 10.2 Å². The molecule has 0 saturated carbocycles. The van der Waals surface area contributed by atoms with Gasteiger partial charge in [-0.2, -0.15) is 0 Å². The molecular weight excluding hydrogens is 211 g/mol. The van der Waals surface area contributed by atoms with Gasteiger partial charge in [0.25, 0.3) is 0 Å². The second kappa shape index (κ2) is 4.12. The van der Waals surface area contributed by atoms with E-state index in [4.69, 9.17) is 4.74 Å². The first kappa shape index (κ1) is 11.9. The van der Waals surface area contributed by atoms with Crippen LogP contribution in [0, 0.1) is 5.82 Å². The number of halogens is 4. The first-order chi connectivity index (χ1) is 6.80. The van der Waals surface area contributed by atoms with Gasteiger partial charge >= 0.3 is 6.98 Å². The number of benzene rings is 1. The minimum atomic E-state index is -5.17. The summed E-state index contributed by atoms with van der Waals surface area (Å²) in [6, 6.07) is 2.23. The van der Waals surface area contributed by atoms with Crippen LogP contribution in [-0.4, -0.2) is 13.1 Å². The normalized spacial score (nSPS) is 11.9. The summed E-state index contributed by atoms with van der Waals surface area (Å²) in [4.78, 5) is 0. The van der Waals surface area contributed by atoms with E-state index in [-0.39, 0.29) is 0 Å². The first-order valence-electron chi connectivity index (χ1n) is 4.46. The fourth-order valence-corrected chi connectivity index (χ4v) is 1.13. The maximum Gasteiger partial charge on any atom is 0.513 e. The van der Waals surface area contributed by atoms with Gasteiger partial charge in [-0.25, -0.2) is 4.39 Å². The summed E-state index contributed by atoms with van der Waals surface area (Å²) < 4.78 is 55.1. The monoisotopic (exact) mass is 221 g/mol. The van der Waals surface area contributed by atoms with Crippen molar-refractivity contribution in [1.82, 2.24) is 0 Å². The Hall–Kier alpha value is -1.20. The molecule has 0 aliphatic heterocycles. The molecule has 0 amide bonds. The van der Waals surface area contributed by atoms with Crippen molar-refractivity contribution in [1.29, 1.82) is 0 Å². The minimum absolute atomic E-state index is 0.427. The Labute approximate surface area is 85.1 Å². The average molecular weight is 221 g/mol. The Morgan fingerprint density at radius 1 is 1.20 bits per heavy atom. The average Bonchev–Trinajstić information content (AvgIpc) is 1.99. The molecule has 1 aromatic rings. The lowest BCUT2D eigenvalue weighted by atomic mass is 9.79. The summed E-state index contributed by atoms with van der Waals surface area (Å²) in [5.74, 6) is -1.19. The molecule has 0 saturated heterocycles. The smallest absolute Gasteiger partial charge is 0.494 e. The lowest BCUT2D eigenvalue weighted by Gasteiger charge is -2.21. The number of ether oxygens (including phenoxy) is 1. The van der Waals surface area contributed by atoms with Crippen molar-refractivity contribution in [3.05, 3.63) is 24.0 Å². The third-order valence-corrected chi connectivity index (χ3v) is 1.69. The predicted octanol–water partition coefficient (Wildman–Crippen LogP) is 2.67. The number of hydrogen-bond donors (Lipinski definition) is 0. The van der Waals surface area contributed by atoms with Crippen LogP contribution in [-0.2, 0) is 0 Å². The largest absolute Gasteiger partial charge is 0.513 e. The van der Waals surface area contributed by atoms with Crippen LogP contribution in [0.5, 0.6) is 5.75 Å². The van der Waals surface area contributed by atoms with Gasteiger partial charge < -0.3 is 17.7 Å². The summed E-state index contributed by atoms with van der Waals surface area (Å²) in [5, 5.41) is 0. The highest BCUT2D eigenvalue weighted by Crippen LogP contribution is 2.19. The molecule has 0 bridgehead atoms. The zero-order chi connectivity index (χ0) is 11.6. The van der Waals surface area contributed by atoms with Gasteiger partial charge in [0.1, 0.15) is 5.82 Å². The Kier molecular flexibility index (Phi) is 3.26. The highest BCUT2D eigenvalue weighted by molar-refractivity contribution is 6.74. The molecule has 6 heteroatoms. The van der Waals surface area contributed by atoms with Gasteiger partial charge in [-0.05, 0) is 19.9 Å². The molecule has 0 N–H and O–H groups in total. The van der Waals surface area contributed by atoms with Crippen LogP contribution in [0.4, 0.5) is 17.3 Å². The molecule has 1 nitrogen and oxygen atoms in total. The predicted molar refractivity (Wildman–Crippen MR) is 50.9 cm³/mol. The van der Waals surface area contributed by atoms with E-state index < -0.39 is 30.1 Å². The number of rotatable bonds is 3. The summed E-state index contributed by atoms with van der Waals surface area (Å²) >= 11 is 0. The zero-order valence-corrected chi connectivity index (χ0v) is 8.31. The van der Waals surface area contributed by atoms with Crippen molar-refractivity contribution in [3.8, 4) is 5.75 Å². The standard InChI is InChI=1S/C9H10BF4O/c1-6(2)15-9-5-7(11)3-4-8(9)10(12,13)14/h3-6H,1-2H3/q-1. The van der Waals surface area contributed by atoms with E-state index >= 15 is 0 Å².